The van der Waals surface area contributed by atoms with Crippen LogP contribution in [0.4, 0.5) is 4.79 Å². The van der Waals surface area contributed by atoms with Gasteiger partial charge in [-0.3, -0.25) is 0 Å². The number of carbonyl (C=O) groups excluding carboxylic acids is 1. The lowest BCUT2D eigenvalue weighted by Crippen LogP contribution is -2.43. The van der Waals surface area contributed by atoms with E-state index in [1.165, 1.54) is 25.0 Å². The Morgan fingerprint density at radius 3 is 2.48 bits per heavy atom. The van der Waals surface area contributed by atoms with Gasteiger partial charge in [-0.25, -0.2) is 4.79 Å². The van der Waals surface area contributed by atoms with Crippen LogP contribution in [0.2, 0.25) is 0 Å². The fourth-order valence-corrected chi connectivity index (χ4v) is 4.14. The first kappa shape index (κ1) is 20.0. The van der Waals surface area contributed by atoms with E-state index in [2.05, 4.69) is 17.0 Å². The second kappa shape index (κ2) is 10.6. The molecule has 2 rings (SSSR count). The summed E-state index contributed by atoms with van der Waals surface area (Å²) in [6.45, 7) is 8.41. The van der Waals surface area contributed by atoms with Crippen LogP contribution >= 0.6 is 0 Å². The number of ether oxygens (including phenoxy) is 1. The molecule has 0 aliphatic carbocycles. The highest BCUT2D eigenvalue weighted by molar-refractivity contribution is 5.86. The van der Waals surface area contributed by atoms with Crippen LogP contribution in [0.5, 0.6) is 0 Å². The molecule has 2 heterocycles. The van der Waals surface area contributed by atoms with Gasteiger partial charge in [0.1, 0.15) is 7.11 Å². The lowest BCUT2D eigenvalue weighted by Gasteiger charge is -2.37. The summed E-state index contributed by atoms with van der Waals surface area (Å²) in [5, 5.41) is 4.28. The second-order valence-electron chi connectivity index (χ2n) is 7.10. The molecule has 0 radical (unpaired) electrons. The fraction of sp³-hybridized carbons (Fsp3) is 0.895. The van der Waals surface area contributed by atoms with E-state index in [0.717, 1.165) is 51.9 Å². The molecule has 0 bridgehead atoms. The van der Waals surface area contributed by atoms with Crippen LogP contribution in [0.15, 0.2) is 5.16 Å². The highest BCUT2D eigenvalue weighted by Crippen LogP contribution is 2.26. The van der Waals surface area contributed by atoms with Gasteiger partial charge in [0.25, 0.3) is 0 Å². The van der Waals surface area contributed by atoms with Crippen LogP contribution in [0.1, 0.15) is 58.8 Å². The minimum atomic E-state index is -0.151. The number of hydrogen-bond acceptors (Lipinski definition) is 5. The van der Waals surface area contributed by atoms with Crippen molar-refractivity contribution >= 4 is 11.8 Å². The van der Waals surface area contributed by atoms with Crippen LogP contribution in [-0.4, -0.2) is 67.5 Å². The van der Waals surface area contributed by atoms with Gasteiger partial charge in [-0.2, -0.15) is 0 Å². The second-order valence-corrected chi connectivity index (χ2v) is 7.10. The molecule has 6 nitrogen and oxygen atoms in total. The summed E-state index contributed by atoms with van der Waals surface area (Å²) in [5.41, 5.74) is 1.24. The highest BCUT2D eigenvalue weighted by Gasteiger charge is 2.30. The topological polar surface area (TPSA) is 54.4 Å². The number of piperidine rings is 1. The number of likely N-dealkylation sites (tertiary alicyclic amines) is 2. The van der Waals surface area contributed by atoms with Gasteiger partial charge in [0, 0.05) is 25.0 Å². The third-order valence-electron chi connectivity index (χ3n) is 5.46. The number of hydrogen-bond donors (Lipinski definition) is 0. The standard InChI is InChI=1S/C19H35N3O3/c1-4-7-18(20-24-3)16-9-13-21(14-10-16)17-8-6-12-22(15-11-17)19(23)25-5-2/h16-17H,4-15H2,1-3H3/b20-18+/t17-/m0/s1. The van der Waals surface area contributed by atoms with Gasteiger partial charge in [0.2, 0.25) is 0 Å². The average molecular weight is 354 g/mol. The summed E-state index contributed by atoms with van der Waals surface area (Å²) in [6, 6.07) is 0.592. The summed E-state index contributed by atoms with van der Waals surface area (Å²) >= 11 is 0. The predicted octanol–water partition coefficient (Wildman–Crippen LogP) is 3.51. The predicted molar refractivity (Wildman–Crippen MR) is 99.9 cm³/mol. The Balaban J connectivity index is 1.82. The molecule has 0 saturated carbocycles. The molecule has 25 heavy (non-hydrogen) atoms. The van der Waals surface area contributed by atoms with E-state index >= 15 is 0 Å². The van der Waals surface area contributed by atoms with E-state index in [-0.39, 0.29) is 6.09 Å². The summed E-state index contributed by atoms with van der Waals surface area (Å²) in [4.78, 5) is 21.5. The zero-order chi connectivity index (χ0) is 18.1. The first-order chi connectivity index (χ1) is 12.2. The Hall–Kier alpha value is -1.30. The SMILES string of the molecule is CCC/C(=N\OC)C1CCN([C@H]2CCCN(C(=O)OCC)CC2)CC1. The summed E-state index contributed by atoms with van der Waals surface area (Å²) < 4.78 is 5.15. The van der Waals surface area contributed by atoms with Gasteiger partial charge in [0.15, 0.2) is 0 Å². The van der Waals surface area contributed by atoms with Crippen molar-refractivity contribution in [3.63, 3.8) is 0 Å². The Bertz CT molecular complexity index is 434. The van der Waals surface area contributed by atoms with Crippen LogP contribution in [-0.2, 0) is 9.57 Å². The largest absolute Gasteiger partial charge is 0.450 e. The zero-order valence-electron chi connectivity index (χ0n) is 16.2. The smallest absolute Gasteiger partial charge is 0.409 e. The van der Waals surface area contributed by atoms with E-state index < -0.39 is 0 Å². The summed E-state index contributed by atoms with van der Waals surface area (Å²) in [6.07, 6.45) is 7.63. The summed E-state index contributed by atoms with van der Waals surface area (Å²) in [7, 11) is 1.64. The highest BCUT2D eigenvalue weighted by atomic mass is 16.6. The molecule has 1 atom stereocenters. The quantitative estimate of drug-likeness (QED) is 0.542. The maximum atomic E-state index is 11.9. The molecule has 6 heteroatoms. The van der Waals surface area contributed by atoms with Crippen molar-refractivity contribution in [1.82, 2.24) is 9.80 Å². The van der Waals surface area contributed by atoms with Gasteiger partial charge >= 0.3 is 6.09 Å². The molecule has 2 fully saturated rings. The normalized spacial score (nSPS) is 24.0. The molecule has 2 aliphatic heterocycles. The molecular formula is C19H35N3O3. The maximum Gasteiger partial charge on any atom is 0.409 e. The van der Waals surface area contributed by atoms with Gasteiger partial charge < -0.3 is 19.4 Å². The van der Waals surface area contributed by atoms with Crippen molar-refractivity contribution in [1.29, 1.82) is 0 Å². The summed E-state index contributed by atoms with van der Waals surface area (Å²) in [5.74, 6) is 0.568. The Morgan fingerprint density at radius 2 is 1.84 bits per heavy atom. The van der Waals surface area contributed by atoms with Crippen LogP contribution in [0.25, 0.3) is 0 Å². The molecule has 0 aromatic rings. The first-order valence-electron chi connectivity index (χ1n) is 9.95. The van der Waals surface area contributed by atoms with Crippen molar-refractivity contribution in [3.05, 3.63) is 0 Å². The van der Waals surface area contributed by atoms with Crippen LogP contribution in [0.3, 0.4) is 0 Å². The van der Waals surface area contributed by atoms with E-state index in [1.54, 1.807) is 7.11 Å². The average Bonchev–Trinajstić information content (AvgIpc) is 2.88. The lowest BCUT2D eigenvalue weighted by atomic mass is 9.88. The van der Waals surface area contributed by atoms with Crippen molar-refractivity contribution in [2.75, 3.05) is 39.9 Å². The Morgan fingerprint density at radius 1 is 1.08 bits per heavy atom. The molecule has 0 spiro atoms. The number of carbonyl (C=O) groups is 1. The fourth-order valence-electron chi connectivity index (χ4n) is 4.14. The molecule has 0 N–H and O–H groups in total. The minimum Gasteiger partial charge on any atom is -0.450 e. The number of amides is 1. The molecular weight excluding hydrogens is 318 g/mol. The van der Waals surface area contributed by atoms with E-state index in [1.807, 2.05) is 11.8 Å². The monoisotopic (exact) mass is 353 g/mol. The minimum absolute atomic E-state index is 0.151. The molecule has 2 saturated heterocycles. The number of oxime groups is 1. The molecule has 144 valence electrons. The molecule has 2 aliphatic rings. The van der Waals surface area contributed by atoms with E-state index in [0.29, 0.717) is 18.6 Å². The molecule has 1 amide bonds. The maximum absolute atomic E-state index is 11.9. The Kier molecular flexibility index (Phi) is 8.52. The lowest BCUT2D eigenvalue weighted by molar-refractivity contribution is 0.105. The van der Waals surface area contributed by atoms with Gasteiger partial charge in [-0.15, -0.1) is 0 Å². The molecule has 0 unspecified atom stereocenters. The molecule has 0 aromatic heterocycles. The number of rotatable bonds is 6. The molecule has 0 aromatic carbocycles. The Labute approximate surface area is 152 Å². The third kappa shape index (κ3) is 5.87. The van der Waals surface area contributed by atoms with E-state index in [4.69, 9.17) is 9.57 Å². The van der Waals surface area contributed by atoms with Crippen molar-refractivity contribution in [3.8, 4) is 0 Å². The van der Waals surface area contributed by atoms with Gasteiger partial charge in [-0.05, 0) is 58.5 Å². The van der Waals surface area contributed by atoms with Crippen molar-refractivity contribution in [2.24, 2.45) is 11.1 Å². The van der Waals surface area contributed by atoms with Gasteiger partial charge in [-0.1, -0.05) is 18.5 Å². The zero-order valence-corrected chi connectivity index (χ0v) is 16.2. The van der Waals surface area contributed by atoms with E-state index in [9.17, 15) is 4.79 Å². The van der Waals surface area contributed by atoms with Gasteiger partial charge in [0.05, 0.1) is 12.3 Å². The van der Waals surface area contributed by atoms with Crippen molar-refractivity contribution in [2.45, 2.75) is 64.8 Å². The van der Waals surface area contributed by atoms with Crippen molar-refractivity contribution < 1.29 is 14.4 Å². The third-order valence-corrected chi connectivity index (χ3v) is 5.46. The van der Waals surface area contributed by atoms with Crippen LogP contribution < -0.4 is 0 Å². The van der Waals surface area contributed by atoms with Crippen LogP contribution in [0, 0.1) is 5.92 Å². The first-order valence-corrected chi connectivity index (χ1v) is 9.95. The number of nitrogens with zero attached hydrogens (tertiary/aromatic N) is 3.